The van der Waals surface area contributed by atoms with E-state index in [4.69, 9.17) is 4.74 Å². The number of carbonyl (C=O) groups is 1. The smallest absolute Gasteiger partial charge is 0.269 e. The first-order chi connectivity index (χ1) is 13.5. The van der Waals surface area contributed by atoms with Crippen LogP contribution in [0, 0.1) is 10.1 Å². The Morgan fingerprint density at radius 3 is 2.43 bits per heavy atom. The Morgan fingerprint density at radius 2 is 1.86 bits per heavy atom. The lowest BCUT2D eigenvalue weighted by atomic mass is 10.2. The van der Waals surface area contributed by atoms with Crippen molar-refractivity contribution in [2.24, 2.45) is 0 Å². The standard InChI is InChI=1S/C20H19N3O4S/c1-27-18-10-8-16(9-11-18)22(13-19-3-2-12-28-19)14-20(24)21-15-4-6-17(7-5-15)23(25)26/h2-12H,13-14H2,1H3,(H,21,24). The van der Waals surface area contributed by atoms with Crippen molar-refractivity contribution in [1.82, 2.24) is 0 Å². The number of nitrogens with zero attached hydrogens (tertiary/aromatic N) is 2. The summed E-state index contributed by atoms with van der Waals surface area (Å²) in [6.07, 6.45) is 0. The molecule has 28 heavy (non-hydrogen) atoms. The quantitative estimate of drug-likeness (QED) is 0.452. The zero-order valence-corrected chi connectivity index (χ0v) is 16.0. The number of ether oxygens (including phenoxy) is 1. The lowest BCUT2D eigenvalue weighted by molar-refractivity contribution is -0.384. The molecule has 0 bridgehead atoms. The number of hydrogen-bond donors (Lipinski definition) is 1. The van der Waals surface area contributed by atoms with Gasteiger partial charge in [-0.1, -0.05) is 6.07 Å². The molecule has 0 spiro atoms. The highest BCUT2D eigenvalue weighted by molar-refractivity contribution is 7.09. The number of anilines is 2. The van der Waals surface area contributed by atoms with Crippen LogP contribution in [0.4, 0.5) is 17.1 Å². The third-order valence-corrected chi connectivity index (χ3v) is 4.92. The summed E-state index contributed by atoms with van der Waals surface area (Å²) in [6, 6.07) is 17.3. The van der Waals surface area contributed by atoms with Crippen molar-refractivity contribution in [2.45, 2.75) is 6.54 Å². The minimum absolute atomic E-state index is 0.0180. The molecule has 0 unspecified atom stereocenters. The average molecular weight is 397 g/mol. The lowest BCUT2D eigenvalue weighted by Gasteiger charge is -2.24. The predicted molar refractivity (Wildman–Crippen MR) is 110 cm³/mol. The number of nitro groups is 1. The van der Waals surface area contributed by atoms with E-state index in [1.54, 1.807) is 18.4 Å². The van der Waals surface area contributed by atoms with Gasteiger partial charge in [0.25, 0.3) is 5.69 Å². The van der Waals surface area contributed by atoms with E-state index < -0.39 is 4.92 Å². The molecule has 3 aromatic rings. The summed E-state index contributed by atoms with van der Waals surface area (Å²) in [5, 5.41) is 15.5. The molecular formula is C20H19N3O4S. The van der Waals surface area contributed by atoms with E-state index in [1.807, 2.05) is 46.7 Å². The van der Waals surface area contributed by atoms with Crippen LogP contribution >= 0.6 is 11.3 Å². The Balaban J connectivity index is 1.72. The zero-order valence-electron chi connectivity index (χ0n) is 15.2. The number of carbonyl (C=O) groups excluding carboxylic acids is 1. The van der Waals surface area contributed by atoms with Gasteiger partial charge < -0.3 is 15.0 Å². The highest BCUT2D eigenvalue weighted by Crippen LogP contribution is 2.23. The fraction of sp³-hybridized carbons (Fsp3) is 0.150. The molecular weight excluding hydrogens is 378 g/mol. The molecule has 1 heterocycles. The van der Waals surface area contributed by atoms with Crippen LogP contribution < -0.4 is 15.0 Å². The van der Waals surface area contributed by atoms with E-state index in [-0.39, 0.29) is 18.1 Å². The van der Waals surface area contributed by atoms with Crippen LogP contribution in [0.25, 0.3) is 0 Å². The van der Waals surface area contributed by atoms with E-state index in [2.05, 4.69) is 5.32 Å². The van der Waals surface area contributed by atoms with Gasteiger partial charge in [-0.3, -0.25) is 14.9 Å². The molecule has 0 fully saturated rings. The van der Waals surface area contributed by atoms with Crippen molar-refractivity contribution in [3.63, 3.8) is 0 Å². The fourth-order valence-electron chi connectivity index (χ4n) is 2.66. The van der Waals surface area contributed by atoms with Gasteiger partial charge in [0.05, 0.1) is 25.1 Å². The van der Waals surface area contributed by atoms with Gasteiger partial charge in [-0.25, -0.2) is 0 Å². The van der Waals surface area contributed by atoms with Crippen LogP contribution in [0.15, 0.2) is 66.0 Å². The third-order valence-electron chi connectivity index (χ3n) is 4.06. The Morgan fingerprint density at radius 1 is 1.14 bits per heavy atom. The molecule has 2 aromatic carbocycles. The number of nitro benzene ring substituents is 1. The van der Waals surface area contributed by atoms with Crippen molar-refractivity contribution in [3.8, 4) is 5.75 Å². The number of thiophene rings is 1. The Labute approximate surface area is 166 Å². The number of methoxy groups -OCH3 is 1. The second-order valence-corrected chi connectivity index (χ2v) is 7.02. The molecule has 3 rings (SSSR count). The average Bonchev–Trinajstić information content (AvgIpc) is 3.21. The molecule has 7 nitrogen and oxygen atoms in total. The van der Waals surface area contributed by atoms with E-state index in [9.17, 15) is 14.9 Å². The maximum atomic E-state index is 12.6. The summed E-state index contributed by atoms with van der Waals surface area (Å²) < 4.78 is 5.20. The topological polar surface area (TPSA) is 84.7 Å². The first kappa shape index (κ1) is 19.4. The van der Waals surface area contributed by atoms with Gasteiger partial charge in [-0.05, 0) is 47.8 Å². The van der Waals surface area contributed by atoms with Crippen LogP contribution in [0.1, 0.15) is 4.88 Å². The van der Waals surface area contributed by atoms with Crippen LogP contribution in [-0.4, -0.2) is 24.5 Å². The van der Waals surface area contributed by atoms with Gasteiger partial charge in [0.15, 0.2) is 0 Å². The Hall–Kier alpha value is -3.39. The van der Waals surface area contributed by atoms with Gasteiger partial charge in [0.2, 0.25) is 5.91 Å². The molecule has 1 amide bonds. The fourth-order valence-corrected chi connectivity index (χ4v) is 3.38. The molecule has 0 atom stereocenters. The molecule has 0 aliphatic heterocycles. The predicted octanol–water partition coefficient (Wildman–Crippen LogP) is 4.31. The van der Waals surface area contributed by atoms with E-state index >= 15 is 0 Å². The number of nitrogens with one attached hydrogen (secondary N) is 1. The Bertz CT molecular complexity index is 925. The van der Waals surface area contributed by atoms with Crippen molar-refractivity contribution < 1.29 is 14.5 Å². The van der Waals surface area contributed by atoms with Crippen molar-refractivity contribution in [2.75, 3.05) is 23.9 Å². The van der Waals surface area contributed by atoms with Gasteiger partial charge in [0.1, 0.15) is 5.75 Å². The molecule has 0 saturated carbocycles. The lowest BCUT2D eigenvalue weighted by Crippen LogP contribution is -2.32. The van der Waals surface area contributed by atoms with Crippen LogP contribution in [0.2, 0.25) is 0 Å². The zero-order chi connectivity index (χ0) is 19.9. The number of benzene rings is 2. The van der Waals surface area contributed by atoms with Gasteiger partial charge >= 0.3 is 0 Å². The monoisotopic (exact) mass is 397 g/mol. The third kappa shape index (κ3) is 5.08. The maximum Gasteiger partial charge on any atom is 0.269 e. The molecule has 1 aromatic heterocycles. The highest BCUT2D eigenvalue weighted by atomic mass is 32.1. The summed E-state index contributed by atoms with van der Waals surface area (Å²) in [4.78, 5) is 25.9. The van der Waals surface area contributed by atoms with Crippen molar-refractivity contribution in [3.05, 3.63) is 81.0 Å². The minimum Gasteiger partial charge on any atom is -0.497 e. The van der Waals surface area contributed by atoms with Crippen molar-refractivity contribution >= 4 is 34.3 Å². The first-order valence-electron chi connectivity index (χ1n) is 8.51. The number of hydrogen-bond acceptors (Lipinski definition) is 6. The van der Waals surface area contributed by atoms with Crippen LogP contribution in [0.3, 0.4) is 0 Å². The SMILES string of the molecule is COc1ccc(N(CC(=O)Nc2ccc([N+](=O)[O-])cc2)Cc2cccs2)cc1. The van der Waals surface area contributed by atoms with Crippen LogP contribution in [0.5, 0.6) is 5.75 Å². The summed E-state index contributed by atoms with van der Waals surface area (Å²) in [5.74, 6) is 0.538. The maximum absolute atomic E-state index is 12.6. The second kappa shape index (κ2) is 9.01. The molecule has 144 valence electrons. The summed E-state index contributed by atoms with van der Waals surface area (Å²) in [5.41, 5.74) is 1.39. The summed E-state index contributed by atoms with van der Waals surface area (Å²) in [6.45, 7) is 0.735. The number of amides is 1. The van der Waals surface area contributed by atoms with E-state index in [1.165, 1.54) is 24.3 Å². The first-order valence-corrected chi connectivity index (χ1v) is 9.39. The Kier molecular flexibility index (Phi) is 6.23. The summed E-state index contributed by atoms with van der Waals surface area (Å²) in [7, 11) is 1.61. The van der Waals surface area contributed by atoms with Crippen LogP contribution in [-0.2, 0) is 11.3 Å². The summed E-state index contributed by atoms with van der Waals surface area (Å²) >= 11 is 1.63. The second-order valence-electron chi connectivity index (χ2n) is 5.99. The van der Waals surface area contributed by atoms with Gasteiger partial charge in [0, 0.05) is 28.4 Å². The molecule has 0 saturated heterocycles. The van der Waals surface area contributed by atoms with Gasteiger partial charge in [-0.15, -0.1) is 11.3 Å². The normalized spacial score (nSPS) is 10.3. The van der Waals surface area contributed by atoms with Crippen molar-refractivity contribution in [1.29, 1.82) is 0 Å². The molecule has 0 aliphatic carbocycles. The molecule has 0 radical (unpaired) electrons. The number of rotatable bonds is 8. The van der Waals surface area contributed by atoms with Gasteiger partial charge in [-0.2, -0.15) is 0 Å². The molecule has 1 N–H and O–H groups in total. The number of non-ortho nitro benzene ring substituents is 1. The van der Waals surface area contributed by atoms with E-state index in [0.717, 1.165) is 16.3 Å². The largest absolute Gasteiger partial charge is 0.497 e. The highest BCUT2D eigenvalue weighted by Gasteiger charge is 2.14. The van der Waals surface area contributed by atoms with E-state index in [0.29, 0.717) is 12.2 Å². The minimum atomic E-state index is -0.474. The molecule has 8 heteroatoms. The molecule has 0 aliphatic rings.